The highest BCUT2D eigenvalue weighted by Crippen LogP contribution is 2.11. The summed E-state index contributed by atoms with van der Waals surface area (Å²) in [5.41, 5.74) is 0. The van der Waals surface area contributed by atoms with E-state index in [0.29, 0.717) is 6.04 Å². The van der Waals surface area contributed by atoms with Crippen molar-refractivity contribution in [3.05, 3.63) is 0 Å². The second-order valence-corrected chi connectivity index (χ2v) is 3.20. The van der Waals surface area contributed by atoms with Crippen LogP contribution in [-0.2, 0) is 0 Å². The standard InChI is InChI=1S/C9H17N3/c1-3-8(5-10)12(4-2)9-6-11-7-9/h8-9,11H,3-4,6-7H2,1-2H3. The number of likely N-dealkylation sites (N-methyl/N-ethyl adjacent to an activating group) is 1. The number of nitriles is 1. The van der Waals surface area contributed by atoms with Crippen molar-refractivity contribution in [2.75, 3.05) is 19.6 Å². The van der Waals surface area contributed by atoms with Crippen molar-refractivity contribution in [3.8, 4) is 6.07 Å². The van der Waals surface area contributed by atoms with Gasteiger partial charge >= 0.3 is 0 Å². The van der Waals surface area contributed by atoms with Crippen LogP contribution in [0.15, 0.2) is 0 Å². The summed E-state index contributed by atoms with van der Waals surface area (Å²) in [4.78, 5) is 2.29. The third-order valence-corrected chi connectivity index (χ3v) is 2.53. The smallest absolute Gasteiger partial charge is 0.0978 e. The molecule has 0 spiro atoms. The lowest BCUT2D eigenvalue weighted by atomic mass is 10.1. The van der Waals surface area contributed by atoms with Gasteiger partial charge in [0, 0.05) is 19.1 Å². The minimum absolute atomic E-state index is 0.113. The molecule has 68 valence electrons. The first-order chi connectivity index (χ1) is 5.83. The first-order valence-electron chi connectivity index (χ1n) is 4.69. The van der Waals surface area contributed by atoms with Gasteiger partial charge in [-0.25, -0.2) is 0 Å². The Hall–Kier alpha value is -0.590. The highest BCUT2D eigenvalue weighted by molar-refractivity contribution is 4.96. The van der Waals surface area contributed by atoms with Crippen molar-refractivity contribution in [2.45, 2.75) is 32.4 Å². The van der Waals surface area contributed by atoms with Crippen molar-refractivity contribution < 1.29 is 0 Å². The van der Waals surface area contributed by atoms with E-state index in [9.17, 15) is 0 Å². The molecule has 0 aromatic heterocycles. The highest BCUT2D eigenvalue weighted by atomic mass is 15.2. The van der Waals surface area contributed by atoms with Crippen molar-refractivity contribution in [2.24, 2.45) is 0 Å². The van der Waals surface area contributed by atoms with Crippen molar-refractivity contribution >= 4 is 0 Å². The molecule has 0 aromatic carbocycles. The molecule has 0 radical (unpaired) electrons. The van der Waals surface area contributed by atoms with Gasteiger partial charge in [-0.1, -0.05) is 13.8 Å². The first kappa shape index (κ1) is 9.50. The van der Waals surface area contributed by atoms with E-state index in [1.54, 1.807) is 0 Å². The molecule has 1 unspecified atom stereocenters. The Morgan fingerprint density at radius 2 is 2.25 bits per heavy atom. The van der Waals surface area contributed by atoms with Crippen molar-refractivity contribution in [1.82, 2.24) is 10.2 Å². The number of nitrogens with zero attached hydrogens (tertiary/aromatic N) is 2. The Morgan fingerprint density at radius 1 is 1.58 bits per heavy atom. The number of hydrogen-bond donors (Lipinski definition) is 1. The third kappa shape index (κ3) is 1.77. The van der Waals surface area contributed by atoms with Crippen LogP contribution in [0.1, 0.15) is 20.3 Å². The van der Waals surface area contributed by atoms with Gasteiger partial charge in [-0.15, -0.1) is 0 Å². The van der Waals surface area contributed by atoms with Crippen LogP contribution in [0, 0.1) is 11.3 Å². The maximum absolute atomic E-state index is 8.88. The Labute approximate surface area is 74.4 Å². The van der Waals surface area contributed by atoms with E-state index in [1.807, 2.05) is 0 Å². The Bertz CT molecular complexity index is 169. The zero-order valence-electron chi connectivity index (χ0n) is 7.88. The van der Waals surface area contributed by atoms with Crippen LogP contribution in [0.5, 0.6) is 0 Å². The van der Waals surface area contributed by atoms with Crippen LogP contribution < -0.4 is 5.32 Å². The average Bonchev–Trinajstić information content (AvgIpc) is 2.01. The molecule has 0 bridgehead atoms. The van der Waals surface area contributed by atoms with Gasteiger partial charge in [0.1, 0.15) is 0 Å². The fourth-order valence-electron chi connectivity index (χ4n) is 1.64. The van der Waals surface area contributed by atoms with E-state index in [1.165, 1.54) is 0 Å². The maximum atomic E-state index is 8.88. The summed E-state index contributed by atoms with van der Waals surface area (Å²) in [5.74, 6) is 0. The molecule has 12 heavy (non-hydrogen) atoms. The van der Waals surface area contributed by atoms with Gasteiger partial charge in [0.15, 0.2) is 0 Å². The Balaban J connectivity index is 2.47. The molecule has 1 aliphatic heterocycles. The monoisotopic (exact) mass is 167 g/mol. The topological polar surface area (TPSA) is 39.1 Å². The highest BCUT2D eigenvalue weighted by Gasteiger charge is 2.27. The molecule has 0 amide bonds. The molecule has 0 saturated carbocycles. The quantitative estimate of drug-likeness (QED) is 0.666. The van der Waals surface area contributed by atoms with Crippen LogP contribution in [0.3, 0.4) is 0 Å². The molecule has 3 heteroatoms. The molecule has 0 aromatic rings. The zero-order chi connectivity index (χ0) is 8.97. The van der Waals surface area contributed by atoms with Gasteiger partial charge in [0.05, 0.1) is 12.1 Å². The third-order valence-electron chi connectivity index (χ3n) is 2.53. The van der Waals surface area contributed by atoms with Crippen LogP contribution in [0.2, 0.25) is 0 Å². The first-order valence-corrected chi connectivity index (χ1v) is 4.69. The number of nitrogens with one attached hydrogen (secondary N) is 1. The molecular formula is C9H17N3. The van der Waals surface area contributed by atoms with E-state index < -0.39 is 0 Å². The average molecular weight is 167 g/mol. The lowest BCUT2D eigenvalue weighted by Crippen LogP contribution is -2.59. The number of hydrogen-bond acceptors (Lipinski definition) is 3. The van der Waals surface area contributed by atoms with E-state index in [4.69, 9.17) is 5.26 Å². The van der Waals surface area contributed by atoms with Gasteiger partial charge in [-0.05, 0) is 13.0 Å². The minimum Gasteiger partial charge on any atom is -0.314 e. The molecule has 0 aliphatic carbocycles. The minimum atomic E-state index is 0.113. The molecule has 1 fully saturated rings. The van der Waals surface area contributed by atoms with Crippen LogP contribution in [0.4, 0.5) is 0 Å². The molecule has 1 aliphatic rings. The van der Waals surface area contributed by atoms with Gasteiger partial charge in [-0.3, -0.25) is 4.90 Å². The summed E-state index contributed by atoms with van der Waals surface area (Å²) in [7, 11) is 0. The van der Waals surface area contributed by atoms with Crippen molar-refractivity contribution in [3.63, 3.8) is 0 Å². The second-order valence-electron chi connectivity index (χ2n) is 3.20. The molecular weight excluding hydrogens is 150 g/mol. The summed E-state index contributed by atoms with van der Waals surface area (Å²) in [6, 6.07) is 3.06. The van der Waals surface area contributed by atoms with Gasteiger partial charge < -0.3 is 5.32 Å². The van der Waals surface area contributed by atoms with E-state index in [-0.39, 0.29) is 6.04 Å². The number of rotatable bonds is 4. The van der Waals surface area contributed by atoms with E-state index >= 15 is 0 Å². The largest absolute Gasteiger partial charge is 0.314 e. The normalized spacial score (nSPS) is 20.2. The fourth-order valence-corrected chi connectivity index (χ4v) is 1.64. The molecule has 1 saturated heterocycles. The molecule has 1 heterocycles. The predicted octanol–water partition coefficient (Wildman–Crippen LogP) is 0.582. The van der Waals surface area contributed by atoms with Gasteiger partial charge in [-0.2, -0.15) is 5.26 Å². The Kier molecular flexibility index (Phi) is 3.51. The van der Waals surface area contributed by atoms with Gasteiger partial charge in [0.25, 0.3) is 0 Å². The zero-order valence-corrected chi connectivity index (χ0v) is 7.88. The molecule has 1 rings (SSSR count). The molecule has 1 N–H and O–H groups in total. The van der Waals surface area contributed by atoms with Crippen LogP contribution in [-0.4, -0.2) is 36.6 Å². The summed E-state index contributed by atoms with van der Waals surface area (Å²) in [6.07, 6.45) is 0.931. The van der Waals surface area contributed by atoms with Crippen LogP contribution >= 0.6 is 0 Å². The predicted molar refractivity (Wildman–Crippen MR) is 48.7 cm³/mol. The summed E-state index contributed by atoms with van der Waals surface area (Å²) < 4.78 is 0. The van der Waals surface area contributed by atoms with Crippen LogP contribution in [0.25, 0.3) is 0 Å². The Morgan fingerprint density at radius 3 is 2.50 bits per heavy atom. The second kappa shape index (κ2) is 4.44. The summed E-state index contributed by atoms with van der Waals surface area (Å²) in [6.45, 7) is 7.28. The summed E-state index contributed by atoms with van der Waals surface area (Å²) >= 11 is 0. The van der Waals surface area contributed by atoms with E-state index in [0.717, 1.165) is 26.1 Å². The lowest BCUT2D eigenvalue weighted by molar-refractivity contribution is 0.124. The SMILES string of the molecule is CCC(C#N)N(CC)C1CNC1. The van der Waals surface area contributed by atoms with Crippen molar-refractivity contribution in [1.29, 1.82) is 5.26 Å². The maximum Gasteiger partial charge on any atom is 0.0978 e. The fraction of sp³-hybridized carbons (Fsp3) is 0.889. The summed E-state index contributed by atoms with van der Waals surface area (Å²) in [5, 5.41) is 12.1. The molecule has 3 nitrogen and oxygen atoms in total. The molecule has 1 atom stereocenters. The van der Waals surface area contributed by atoms with Gasteiger partial charge in [0.2, 0.25) is 0 Å². The van der Waals surface area contributed by atoms with E-state index in [2.05, 4.69) is 30.1 Å². The lowest BCUT2D eigenvalue weighted by Gasteiger charge is -2.39.